The summed E-state index contributed by atoms with van der Waals surface area (Å²) in [5.74, 6) is 0.134. The summed E-state index contributed by atoms with van der Waals surface area (Å²) in [6, 6.07) is 4.08. The molecule has 150 valence electrons. The number of hydrogen-bond acceptors (Lipinski definition) is 3. The zero-order chi connectivity index (χ0) is 19.9. The molecule has 1 saturated carbocycles. The first-order valence-electron chi connectivity index (χ1n) is 9.36. The number of morpholine rings is 1. The van der Waals surface area contributed by atoms with Gasteiger partial charge in [0.2, 0.25) is 0 Å². The number of nitrogens with zero attached hydrogens (tertiary/aromatic N) is 1. The summed E-state index contributed by atoms with van der Waals surface area (Å²) in [5, 5.41) is 0.0503. The van der Waals surface area contributed by atoms with Gasteiger partial charge in [-0.25, -0.2) is 4.39 Å². The van der Waals surface area contributed by atoms with Crippen molar-refractivity contribution >= 4 is 28.3 Å². The van der Waals surface area contributed by atoms with Gasteiger partial charge in [0.1, 0.15) is 11.9 Å². The van der Waals surface area contributed by atoms with Crippen molar-refractivity contribution in [1.82, 2.24) is 4.90 Å². The highest BCUT2D eigenvalue weighted by molar-refractivity contribution is 7.86. The van der Waals surface area contributed by atoms with Gasteiger partial charge in [-0.05, 0) is 64.2 Å². The van der Waals surface area contributed by atoms with E-state index in [1.807, 2.05) is 25.7 Å². The normalized spacial score (nSPS) is 26.1. The van der Waals surface area contributed by atoms with E-state index in [1.165, 1.54) is 12.1 Å². The van der Waals surface area contributed by atoms with E-state index in [0.717, 1.165) is 12.8 Å². The van der Waals surface area contributed by atoms with Crippen LogP contribution in [-0.4, -0.2) is 44.3 Å². The maximum Gasteiger partial charge on any atom is 0.252 e. The summed E-state index contributed by atoms with van der Waals surface area (Å²) in [5.41, 5.74) is 0.657. The number of carbonyl (C=O) groups is 1. The summed E-state index contributed by atoms with van der Waals surface area (Å²) >= 11 is 5.82. The number of rotatable bonds is 5. The molecule has 0 bridgehead atoms. The fraction of sp³-hybridized carbons (Fsp3) is 0.650. The number of amides is 1. The van der Waals surface area contributed by atoms with Gasteiger partial charge in [0.25, 0.3) is 5.91 Å². The zero-order valence-corrected chi connectivity index (χ0v) is 17.8. The van der Waals surface area contributed by atoms with E-state index in [0.29, 0.717) is 23.8 Å². The molecule has 0 aromatic heterocycles. The van der Waals surface area contributed by atoms with Crippen molar-refractivity contribution < 1.29 is 18.1 Å². The Hall–Kier alpha value is -0.980. The van der Waals surface area contributed by atoms with Gasteiger partial charge in [-0.2, -0.15) is 0 Å². The number of halogens is 2. The fourth-order valence-corrected chi connectivity index (χ4v) is 4.81. The maximum absolute atomic E-state index is 14.0. The van der Waals surface area contributed by atoms with Crippen LogP contribution in [0.4, 0.5) is 4.39 Å². The maximum atomic E-state index is 14.0. The van der Waals surface area contributed by atoms with Crippen molar-refractivity contribution in [3.8, 4) is 0 Å². The van der Waals surface area contributed by atoms with Crippen molar-refractivity contribution in [1.29, 1.82) is 0 Å². The second-order valence-corrected chi connectivity index (χ2v) is 11.1. The summed E-state index contributed by atoms with van der Waals surface area (Å²) < 4.78 is 32.2. The van der Waals surface area contributed by atoms with Crippen LogP contribution in [0.5, 0.6) is 0 Å². The predicted octanol–water partition coefficient (Wildman–Crippen LogP) is 4.09. The Bertz CT molecular complexity index is 747. The summed E-state index contributed by atoms with van der Waals surface area (Å²) in [6.07, 6.45) is 1.49. The van der Waals surface area contributed by atoms with Gasteiger partial charge in [-0.15, -0.1) is 0 Å². The lowest BCUT2D eigenvalue weighted by atomic mass is 9.99. The van der Waals surface area contributed by atoms with Crippen LogP contribution in [0.25, 0.3) is 0 Å². The lowest BCUT2D eigenvalue weighted by molar-refractivity contribution is -0.162. The summed E-state index contributed by atoms with van der Waals surface area (Å²) in [7, 11) is -1.09. The minimum Gasteiger partial charge on any atom is -0.366 e. The van der Waals surface area contributed by atoms with Crippen LogP contribution < -0.4 is 0 Å². The smallest absolute Gasteiger partial charge is 0.252 e. The van der Waals surface area contributed by atoms with E-state index in [2.05, 4.69) is 0 Å². The van der Waals surface area contributed by atoms with Crippen molar-refractivity contribution in [2.24, 2.45) is 5.92 Å². The molecule has 1 aromatic rings. The molecule has 3 rings (SSSR count). The van der Waals surface area contributed by atoms with Gasteiger partial charge in [0.05, 0.1) is 17.7 Å². The molecule has 0 spiro atoms. The molecule has 2 aliphatic rings. The van der Waals surface area contributed by atoms with Crippen LogP contribution in [0, 0.1) is 11.7 Å². The first kappa shape index (κ1) is 20.7. The third-order valence-corrected chi connectivity index (χ3v) is 7.62. The standard InChI is InChI=1S/C20H27ClFNO3S/c1-12-19(24)23(18(13-5-6-13)11-27(25)20(2,3)4)17(10-26-12)14-7-8-15(21)16(22)9-14/h7-9,12-13,17-18H,5-6,10-11H2,1-4H3. The van der Waals surface area contributed by atoms with Crippen molar-refractivity contribution in [3.63, 3.8) is 0 Å². The minimum atomic E-state index is -1.09. The fourth-order valence-electron chi connectivity index (χ4n) is 3.45. The largest absolute Gasteiger partial charge is 0.366 e. The second kappa shape index (κ2) is 7.80. The van der Waals surface area contributed by atoms with Crippen molar-refractivity contribution in [2.45, 2.75) is 63.5 Å². The summed E-state index contributed by atoms with van der Waals surface area (Å²) in [4.78, 5) is 14.9. The SMILES string of the molecule is CC1OCC(c2ccc(Cl)c(F)c2)N(C(CS(=O)C(C)(C)C)C2CC2)C1=O. The minimum absolute atomic E-state index is 0.0503. The Morgan fingerprint density at radius 2 is 2.04 bits per heavy atom. The molecule has 1 saturated heterocycles. The summed E-state index contributed by atoms with van der Waals surface area (Å²) in [6.45, 7) is 7.87. The average molecular weight is 416 g/mol. The quantitative estimate of drug-likeness (QED) is 0.727. The van der Waals surface area contributed by atoms with Gasteiger partial charge in [0, 0.05) is 27.3 Å². The molecule has 0 radical (unpaired) electrons. The average Bonchev–Trinajstić information content (AvgIpc) is 3.42. The predicted molar refractivity (Wildman–Crippen MR) is 106 cm³/mol. The van der Waals surface area contributed by atoms with Crippen molar-refractivity contribution in [3.05, 3.63) is 34.6 Å². The van der Waals surface area contributed by atoms with Crippen LogP contribution in [0.2, 0.25) is 5.02 Å². The molecular weight excluding hydrogens is 389 g/mol. The Morgan fingerprint density at radius 1 is 1.37 bits per heavy atom. The Labute approximate surface area is 167 Å². The molecule has 1 heterocycles. The van der Waals surface area contributed by atoms with E-state index >= 15 is 0 Å². The van der Waals surface area contributed by atoms with Gasteiger partial charge in [-0.1, -0.05) is 17.7 Å². The molecule has 1 amide bonds. The number of carbonyl (C=O) groups excluding carboxylic acids is 1. The molecular formula is C20H27ClFNO3S. The molecule has 4 atom stereocenters. The lowest BCUT2D eigenvalue weighted by Gasteiger charge is -2.44. The highest BCUT2D eigenvalue weighted by Crippen LogP contribution is 2.41. The highest BCUT2D eigenvalue weighted by atomic mass is 35.5. The molecule has 0 N–H and O–H groups in total. The third kappa shape index (κ3) is 4.54. The van der Waals surface area contributed by atoms with E-state index in [-0.39, 0.29) is 21.7 Å². The van der Waals surface area contributed by atoms with E-state index < -0.39 is 28.8 Å². The Kier molecular flexibility index (Phi) is 5.99. The topological polar surface area (TPSA) is 46.6 Å². The molecule has 1 aliphatic carbocycles. The molecule has 2 fully saturated rings. The van der Waals surface area contributed by atoms with Gasteiger partial charge in [0.15, 0.2) is 0 Å². The Balaban J connectivity index is 1.95. The van der Waals surface area contributed by atoms with Gasteiger partial charge in [-0.3, -0.25) is 9.00 Å². The Morgan fingerprint density at radius 3 is 2.59 bits per heavy atom. The van der Waals surface area contributed by atoms with Gasteiger partial charge >= 0.3 is 0 Å². The molecule has 4 nitrogen and oxygen atoms in total. The van der Waals surface area contributed by atoms with Crippen LogP contribution in [0.3, 0.4) is 0 Å². The molecule has 4 unspecified atom stereocenters. The van der Waals surface area contributed by atoms with Crippen molar-refractivity contribution in [2.75, 3.05) is 12.4 Å². The van der Waals surface area contributed by atoms with Crippen LogP contribution in [0.15, 0.2) is 18.2 Å². The molecule has 1 aliphatic heterocycles. The van der Waals surface area contributed by atoms with E-state index in [1.54, 1.807) is 13.0 Å². The molecule has 1 aromatic carbocycles. The third-order valence-electron chi connectivity index (χ3n) is 5.30. The monoisotopic (exact) mass is 415 g/mol. The van der Waals surface area contributed by atoms with E-state index in [4.69, 9.17) is 16.3 Å². The highest BCUT2D eigenvalue weighted by Gasteiger charge is 2.46. The number of hydrogen-bond donors (Lipinski definition) is 0. The van der Waals surface area contributed by atoms with Crippen LogP contribution >= 0.6 is 11.6 Å². The molecule has 27 heavy (non-hydrogen) atoms. The zero-order valence-electron chi connectivity index (χ0n) is 16.2. The van der Waals surface area contributed by atoms with Gasteiger partial charge < -0.3 is 9.64 Å². The van der Waals surface area contributed by atoms with E-state index in [9.17, 15) is 13.4 Å². The first-order chi connectivity index (χ1) is 12.6. The second-order valence-electron chi connectivity index (χ2n) is 8.44. The van der Waals surface area contributed by atoms with Crippen LogP contribution in [0.1, 0.15) is 52.1 Å². The number of benzene rings is 1. The first-order valence-corrected chi connectivity index (χ1v) is 11.1. The van der Waals surface area contributed by atoms with Crippen LogP contribution in [-0.2, 0) is 20.3 Å². The lowest BCUT2D eigenvalue weighted by Crippen LogP contribution is -2.55. The molecule has 7 heteroatoms. The number of ether oxygens (including phenoxy) is 1.